The Balaban J connectivity index is 1.96. The van der Waals surface area contributed by atoms with Crippen LogP contribution in [0, 0.1) is 5.92 Å². The Labute approximate surface area is 122 Å². The van der Waals surface area contributed by atoms with Crippen LogP contribution in [0.3, 0.4) is 0 Å². The Morgan fingerprint density at radius 1 is 1.20 bits per heavy atom. The quantitative estimate of drug-likeness (QED) is 0.750. The lowest BCUT2D eigenvalue weighted by molar-refractivity contribution is 0.354. The van der Waals surface area contributed by atoms with Gasteiger partial charge in [0.2, 0.25) is 0 Å². The van der Waals surface area contributed by atoms with Crippen molar-refractivity contribution in [3.05, 3.63) is 23.8 Å². The van der Waals surface area contributed by atoms with E-state index in [9.17, 15) is 0 Å². The van der Waals surface area contributed by atoms with Gasteiger partial charge in [-0.3, -0.25) is 0 Å². The van der Waals surface area contributed by atoms with Gasteiger partial charge in [0.05, 0.1) is 14.2 Å². The summed E-state index contributed by atoms with van der Waals surface area (Å²) in [5.74, 6) is 2.62. The van der Waals surface area contributed by atoms with Crippen molar-refractivity contribution in [2.45, 2.75) is 45.1 Å². The van der Waals surface area contributed by atoms with Crippen LogP contribution in [0.15, 0.2) is 18.2 Å². The number of ether oxygens (including phenoxy) is 2. The van der Waals surface area contributed by atoms with E-state index >= 15 is 0 Å². The molecule has 0 aliphatic heterocycles. The van der Waals surface area contributed by atoms with Gasteiger partial charge >= 0.3 is 0 Å². The predicted molar refractivity (Wildman–Crippen MR) is 82.7 cm³/mol. The monoisotopic (exact) mass is 277 g/mol. The lowest BCUT2D eigenvalue weighted by atomic mass is 10.00. The Morgan fingerprint density at radius 2 is 1.95 bits per heavy atom. The number of likely N-dealkylation sites (N-methyl/N-ethyl adjacent to an activating group) is 1. The standard InChI is InChI=1S/C17H27NO2/c1-4-18-15(9-7-13-5-6-13)11-14-8-10-16(19-2)17(12-14)20-3/h8,10,12-13,15,18H,4-7,9,11H2,1-3H3. The van der Waals surface area contributed by atoms with E-state index in [0.29, 0.717) is 6.04 Å². The van der Waals surface area contributed by atoms with Gasteiger partial charge in [-0.05, 0) is 49.4 Å². The first-order valence-corrected chi connectivity index (χ1v) is 7.71. The lowest BCUT2D eigenvalue weighted by Gasteiger charge is -2.18. The van der Waals surface area contributed by atoms with Crippen LogP contribution in [0.25, 0.3) is 0 Å². The minimum Gasteiger partial charge on any atom is -0.493 e. The van der Waals surface area contributed by atoms with Crippen LogP contribution < -0.4 is 14.8 Å². The fourth-order valence-corrected chi connectivity index (χ4v) is 2.70. The summed E-state index contributed by atoms with van der Waals surface area (Å²) in [6.45, 7) is 3.21. The first kappa shape index (κ1) is 15.2. The van der Waals surface area contributed by atoms with Gasteiger partial charge in [0, 0.05) is 6.04 Å². The fraction of sp³-hybridized carbons (Fsp3) is 0.647. The van der Waals surface area contributed by atoms with Gasteiger partial charge in [-0.15, -0.1) is 0 Å². The number of benzene rings is 1. The van der Waals surface area contributed by atoms with Gasteiger partial charge in [-0.25, -0.2) is 0 Å². The van der Waals surface area contributed by atoms with Crippen molar-refractivity contribution in [3.63, 3.8) is 0 Å². The van der Waals surface area contributed by atoms with Crippen LogP contribution >= 0.6 is 0 Å². The zero-order chi connectivity index (χ0) is 14.4. The second-order valence-corrected chi connectivity index (χ2v) is 5.67. The van der Waals surface area contributed by atoms with Crippen LogP contribution in [0.4, 0.5) is 0 Å². The molecular weight excluding hydrogens is 250 g/mol. The molecule has 3 heteroatoms. The molecule has 1 N–H and O–H groups in total. The molecular formula is C17H27NO2. The normalized spacial score (nSPS) is 15.9. The summed E-state index contributed by atoms with van der Waals surface area (Å²) < 4.78 is 10.7. The highest BCUT2D eigenvalue weighted by Gasteiger charge is 2.22. The Morgan fingerprint density at radius 3 is 2.55 bits per heavy atom. The summed E-state index contributed by atoms with van der Waals surface area (Å²) in [4.78, 5) is 0. The van der Waals surface area contributed by atoms with Crippen LogP contribution in [0.5, 0.6) is 11.5 Å². The van der Waals surface area contributed by atoms with Gasteiger partial charge in [0.25, 0.3) is 0 Å². The third-order valence-corrected chi connectivity index (χ3v) is 4.04. The molecule has 2 rings (SSSR count). The highest BCUT2D eigenvalue weighted by molar-refractivity contribution is 5.43. The predicted octanol–water partition coefficient (Wildman–Crippen LogP) is 3.41. The average molecular weight is 277 g/mol. The molecule has 0 amide bonds. The number of nitrogens with one attached hydrogen (secondary N) is 1. The zero-order valence-corrected chi connectivity index (χ0v) is 12.9. The van der Waals surface area contributed by atoms with Crippen molar-refractivity contribution in [2.24, 2.45) is 5.92 Å². The van der Waals surface area contributed by atoms with E-state index in [1.807, 2.05) is 6.07 Å². The maximum atomic E-state index is 5.38. The van der Waals surface area contributed by atoms with Crippen molar-refractivity contribution < 1.29 is 9.47 Å². The average Bonchev–Trinajstić information content (AvgIpc) is 3.29. The molecule has 0 heterocycles. The van der Waals surface area contributed by atoms with Crippen molar-refractivity contribution >= 4 is 0 Å². The van der Waals surface area contributed by atoms with Gasteiger partial charge in [0.1, 0.15) is 0 Å². The van der Waals surface area contributed by atoms with Crippen molar-refractivity contribution in [1.29, 1.82) is 0 Å². The number of hydrogen-bond donors (Lipinski definition) is 1. The molecule has 1 saturated carbocycles. The van der Waals surface area contributed by atoms with E-state index < -0.39 is 0 Å². The van der Waals surface area contributed by atoms with E-state index in [0.717, 1.165) is 30.4 Å². The van der Waals surface area contributed by atoms with Gasteiger partial charge in [-0.1, -0.05) is 25.8 Å². The third kappa shape index (κ3) is 4.41. The molecule has 0 aromatic heterocycles. The SMILES string of the molecule is CCNC(CCC1CC1)Cc1ccc(OC)c(OC)c1. The van der Waals surface area contributed by atoms with Crippen molar-refractivity contribution in [1.82, 2.24) is 5.32 Å². The summed E-state index contributed by atoms with van der Waals surface area (Å²) in [6, 6.07) is 6.81. The molecule has 0 bridgehead atoms. The minimum atomic E-state index is 0.568. The maximum absolute atomic E-state index is 5.38. The van der Waals surface area contributed by atoms with E-state index in [-0.39, 0.29) is 0 Å². The molecule has 112 valence electrons. The Kier molecular flexibility index (Phi) is 5.72. The molecule has 0 spiro atoms. The molecule has 0 radical (unpaired) electrons. The Hall–Kier alpha value is -1.22. The summed E-state index contributed by atoms with van der Waals surface area (Å²) in [5, 5.41) is 3.61. The smallest absolute Gasteiger partial charge is 0.160 e. The van der Waals surface area contributed by atoms with Gasteiger partial charge in [0.15, 0.2) is 11.5 Å². The minimum absolute atomic E-state index is 0.568. The highest BCUT2D eigenvalue weighted by atomic mass is 16.5. The van der Waals surface area contributed by atoms with Crippen LogP contribution in [-0.2, 0) is 6.42 Å². The second-order valence-electron chi connectivity index (χ2n) is 5.67. The molecule has 1 aromatic rings. The lowest BCUT2D eigenvalue weighted by Crippen LogP contribution is -2.31. The fourth-order valence-electron chi connectivity index (χ4n) is 2.70. The first-order valence-electron chi connectivity index (χ1n) is 7.71. The highest BCUT2D eigenvalue weighted by Crippen LogP contribution is 2.34. The zero-order valence-electron chi connectivity index (χ0n) is 12.9. The Bertz CT molecular complexity index is 415. The molecule has 1 atom stereocenters. The van der Waals surface area contributed by atoms with Gasteiger partial charge < -0.3 is 14.8 Å². The van der Waals surface area contributed by atoms with Crippen molar-refractivity contribution in [2.75, 3.05) is 20.8 Å². The molecule has 20 heavy (non-hydrogen) atoms. The van der Waals surface area contributed by atoms with E-state index in [1.54, 1.807) is 14.2 Å². The molecule has 1 unspecified atom stereocenters. The van der Waals surface area contributed by atoms with Crippen LogP contribution in [0.1, 0.15) is 38.2 Å². The summed E-state index contributed by atoms with van der Waals surface area (Å²) in [6.07, 6.45) is 6.57. The van der Waals surface area contributed by atoms with Gasteiger partial charge in [-0.2, -0.15) is 0 Å². The molecule has 1 fully saturated rings. The molecule has 1 aliphatic rings. The summed E-state index contributed by atoms with van der Waals surface area (Å²) in [5.41, 5.74) is 1.31. The molecule has 3 nitrogen and oxygen atoms in total. The number of hydrogen-bond acceptors (Lipinski definition) is 3. The summed E-state index contributed by atoms with van der Waals surface area (Å²) >= 11 is 0. The molecule has 1 aliphatic carbocycles. The van der Waals surface area contributed by atoms with Crippen molar-refractivity contribution in [3.8, 4) is 11.5 Å². The topological polar surface area (TPSA) is 30.5 Å². The van der Waals surface area contributed by atoms with E-state index in [4.69, 9.17) is 9.47 Å². The molecule has 0 saturated heterocycles. The molecule has 1 aromatic carbocycles. The summed E-state index contributed by atoms with van der Waals surface area (Å²) in [7, 11) is 3.37. The van der Waals surface area contributed by atoms with Crippen LogP contribution in [-0.4, -0.2) is 26.8 Å². The third-order valence-electron chi connectivity index (χ3n) is 4.04. The second kappa shape index (κ2) is 7.53. The van der Waals surface area contributed by atoms with Crippen LogP contribution in [0.2, 0.25) is 0 Å². The largest absolute Gasteiger partial charge is 0.493 e. The number of rotatable bonds is 9. The van der Waals surface area contributed by atoms with E-state index in [2.05, 4.69) is 24.4 Å². The first-order chi connectivity index (χ1) is 9.76. The number of methoxy groups -OCH3 is 2. The van der Waals surface area contributed by atoms with E-state index in [1.165, 1.54) is 31.2 Å². The maximum Gasteiger partial charge on any atom is 0.160 e.